The second-order valence-electron chi connectivity index (χ2n) is 6.76. The minimum atomic E-state index is 0. The number of hydrogen-bond acceptors (Lipinski definition) is 4. The Bertz CT molecular complexity index is 520. The molecule has 0 spiro atoms. The van der Waals surface area contributed by atoms with Gasteiger partial charge in [0.15, 0.2) is 5.96 Å². The molecule has 5 nitrogen and oxygen atoms in total. The SMILES string of the molecule is CCNC(=NCCCN1CCCCC1C)NCCc1csc(CC)n1.I. The molecule has 1 aliphatic heterocycles. The summed E-state index contributed by atoms with van der Waals surface area (Å²) in [6, 6.07) is 0.746. The van der Waals surface area contributed by atoms with Crippen molar-refractivity contribution in [1.82, 2.24) is 20.5 Å². The highest BCUT2D eigenvalue weighted by atomic mass is 127. The van der Waals surface area contributed by atoms with Crippen LogP contribution in [0.3, 0.4) is 0 Å². The number of halogens is 1. The van der Waals surface area contributed by atoms with E-state index in [1.54, 1.807) is 11.3 Å². The van der Waals surface area contributed by atoms with Crippen molar-refractivity contribution in [2.75, 3.05) is 32.7 Å². The van der Waals surface area contributed by atoms with E-state index in [1.165, 1.54) is 43.1 Å². The van der Waals surface area contributed by atoms with Crippen LogP contribution >= 0.6 is 35.3 Å². The lowest BCUT2D eigenvalue weighted by Crippen LogP contribution is -2.39. The van der Waals surface area contributed by atoms with Gasteiger partial charge in [-0.25, -0.2) is 4.98 Å². The standard InChI is InChI=1S/C19H35N5S.HI/c1-4-18-23-17(15-25-18)10-12-22-19(20-5-2)21-11-8-14-24-13-7-6-9-16(24)3;/h15-16H,4-14H2,1-3H3,(H2,20,21,22);1H. The van der Waals surface area contributed by atoms with Gasteiger partial charge in [-0.05, 0) is 46.1 Å². The van der Waals surface area contributed by atoms with E-state index in [1.807, 2.05) is 0 Å². The molecule has 1 saturated heterocycles. The Balaban J connectivity index is 0.00000338. The maximum absolute atomic E-state index is 4.73. The molecule has 0 amide bonds. The molecular weight excluding hydrogens is 457 g/mol. The lowest BCUT2D eigenvalue weighted by atomic mass is 10.0. The van der Waals surface area contributed by atoms with Gasteiger partial charge < -0.3 is 15.5 Å². The van der Waals surface area contributed by atoms with E-state index in [0.29, 0.717) is 0 Å². The van der Waals surface area contributed by atoms with Crippen molar-refractivity contribution < 1.29 is 0 Å². The number of nitrogens with one attached hydrogen (secondary N) is 2. The highest BCUT2D eigenvalue weighted by Gasteiger charge is 2.16. The Morgan fingerprint density at radius 3 is 2.88 bits per heavy atom. The zero-order valence-electron chi connectivity index (χ0n) is 16.6. The van der Waals surface area contributed by atoms with E-state index in [2.05, 4.69) is 46.7 Å². The molecule has 2 N–H and O–H groups in total. The highest BCUT2D eigenvalue weighted by molar-refractivity contribution is 14.0. The molecule has 1 aromatic heterocycles. The number of likely N-dealkylation sites (tertiary alicyclic amines) is 1. The summed E-state index contributed by atoms with van der Waals surface area (Å²) in [6.07, 6.45) is 7.21. The molecule has 1 unspecified atom stereocenters. The number of aryl methyl sites for hydroxylation is 1. The third-order valence-corrected chi connectivity index (χ3v) is 5.78. The van der Waals surface area contributed by atoms with E-state index in [-0.39, 0.29) is 24.0 Å². The topological polar surface area (TPSA) is 52.6 Å². The van der Waals surface area contributed by atoms with Gasteiger partial charge in [-0.2, -0.15) is 0 Å². The molecular formula is C19H36IN5S. The summed E-state index contributed by atoms with van der Waals surface area (Å²) < 4.78 is 0. The summed E-state index contributed by atoms with van der Waals surface area (Å²) >= 11 is 1.76. The molecule has 150 valence electrons. The maximum Gasteiger partial charge on any atom is 0.191 e. The van der Waals surface area contributed by atoms with Crippen molar-refractivity contribution in [1.29, 1.82) is 0 Å². The largest absolute Gasteiger partial charge is 0.357 e. The van der Waals surface area contributed by atoms with Gasteiger partial charge in [-0.15, -0.1) is 35.3 Å². The van der Waals surface area contributed by atoms with Crippen molar-refractivity contribution in [3.8, 4) is 0 Å². The minimum Gasteiger partial charge on any atom is -0.357 e. The summed E-state index contributed by atoms with van der Waals surface area (Å²) in [5.74, 6) is 0.931. The van der Waals surface area contributed by atoms with Crippen molar-refractivity contribution in [3.63, 3.8) is 0 Å². The van der Waals surface area contributed by atoms with Crippen molar-refractivity contribution in [2.45, 2.75) is 65.3 Å². The van der Waals surface area contributed by atoms with Crippen LogP contribution in [0.1, 0.15) is 57.2 Å². The summed E-state index contributed by atoms with van der Waals surface area (Å²) in [7, 11) is 0. The number of hydrogen-bond donors (Lipinski definition) is 2. The van der Waals surface area contributed by atoms with Crippen LogP contribution in [0.5, 0.6) is 0 Å². The molecule has 26 heavy (non-hydrogen) atoms. The van der Waals surface area contributed by atoms with Crippen LogP contribution < -0.4 is 10.6 Å². The number of thiazole rings is 1. The first-order valence-corrected chi connectivity index (χ1v) is 10.8. The Kier molecular flexibility index (Phi) is 12.5. The summed E-state index contributed by atoms with van der Waals surface area (Å²) in [6.45, 7) is 11.7. The monoisotopic (exact) mass is 493 g/mol. The second-order valence-corrected chi connectivity index (χ2v) is 7.70. The van der Waals surface area contributed by atoms with Crippen LogP contribution in [0, 0.1) is 0 Å². The Labute approximate surface area is 180 Å². The van der Waals surface area contributed by atoms with Crippen LogP contribution in [0.4, 0.5) is 0 Å². The van der Waals surface area contributed by atoms with Crippen molar-refractivity contribution >= 4 is 41.3 Å². The van der Waals surface area contributed by atoms with E-state index >= 15 is 0 Å². The molecule has 1 aliphatic rings. The van der Waals surface area contributed by atoms with Crippen LogP contribution in [0.15, 0.2) is 10.4 Å². The van der Waals surface area contributed by atoms with Crippen LogP contribution in [0.2, 0.25) is 0 Å². The van der Waals surface area contributed by atoms with Gasteiger partial charge in [-0.1, -0.05) is 13.3 Å². The predicted octanol–water partition coefficient (Wildman–Crippen LogP) is 3.69. The Hall–Kier alpha value is -0.410. The maximum atomic E-state index is 4.73. The Morgan fingerprint density at radius 2 is 2.19 bits per heavy atom. The van der Waals surface area contributed by atoms with Gasteiger partial charge >= 0.3 is 0 Å². The van der Waals surface area contributed by atoms with Gasteiger partial charge in [-0.3, -0.25) is 4.99 Å². The number of rotatable bonds is 9. The molecule has 0 radical (unpaired) electrons. The van der Waals surface area contributed by atoms with E-state index in [4.69, 9.17) is 4.99 Å². The number of aromatic nitrogens is 1. The molecule has 7 heteroatoms. The van der Waals surface area contributed by atoms with Crippen molar-refractivity contribution in [2.24, 2.45) is 4.99 Å². The van der Waals surface area contributed by atoms with Gasteiger partial charge in [0, 0.05) is 44.0 Å². The predicted molar refractivity (Wildman–Crippen MR) is 124 cm³/mol. The number of piperidine rings is 1. The lowest BCUT2D eigenvalue weighted by Gasteiger charge is -2.33. The molecule has 2 rings (SSSR count). The van der Waals surface area contributed by atoms with E-state index in [9.17, 15) is 0 Å². The van der Waals surface area contributed by atoms with Crippen LogP contribution in [-0.2, 0) is 12.8 Å². The van der Waals surface area contributed by atoms with Crippen molar-refractivity contribution in [3.05, 3.63) is 16.1 Å². The molecule has 2 heterocycles. The number of guanidine groups is 1. The fraction of sp³-hybridized carbons (Fsp3) is 0.789. The zero-order chi connectivity index (χ0) is 17.9. The molecule has 0 aliphatic carbocycles. The number of nitrogens with zero attached hydrogens (tertiary/aromatic N) is 3. The highest BCUT2D eigenvalue weighted by Crippen LogP contribution is 2.16. The van der Waals surface area contributed by atoms with Crippen LogP contribution in [-0.4, -0.2) is 54.6 Å². The molecule has 0 saturated carbocycles. The Morgan fingerprint density at radius 1 is 1.35 bits per heavy atom. The van der Waals surface area contributed by atoms with Crippen LogP contribution in [0.25, 0.3) is 0 Å². The first kappa shape index (κ1) is 23.6. The van der Waals surface area contributed by atoms with Gasteiger partial charge in [0.25, 0.3) is 0 Å². The lowest BCUT2D eigenvalue weighted by molar-refractivity contribution is 0.160. The van der Waals surface area contributed by atoms with E-state index in [0.717, 1.165) is 50.9 Å². The minimum absolute atomic E-state index is 0. The zero-order valence-corrected chi connectivity index (χ0v) is 19.7. The summed E-state index contributed by atoms with van der Waals surface area (Å²) in [5, 5.41) is 10.2. The second kappa shape index (κ2) is 13.7. The molecule has 0 bridgehead atoms. The first-order chi connectivity index (χ1) is 12.2. The fourth-order valence-electron chi connectivity index (χ4n) is 3.23. The molecule has 1 atom stereocenters. The molecule has 1 aromatic rings. The summed E-state index contributed by atoms with van der Waals surface area (Å²) in [4.78, 5) is 12.0. The third-order valence-electron chi connectivity index (χ3n) is 4.73. The van der Waals surface area contributed by atoms with Gasteiger partial charge in [0.2, 0.25) is 0 Å². The average molecular weight is 494 g/mol. The average Bonchev–Trinajstić information content (AvgIpc) is 3.08. The third kappa shape index (κ3) is 8.52. The fourth-order valence-corrected chi connectivity index (χ4v) is 4.01. The smallest absolute Gasteiger partial charge is 0.191 e. The molecule has 1 fully saturated rings. The normalized spacial score (nSPS) is 18.4. The summed E-state index contributed by atoms with van der Waals surface area (Å²) in [5.41, 5.74) is 1.18. The number of aliphatic imine (C=N–C) groups is 1. The quantitative estimate of drug-likeness (QED) is 0.239. The first-order valence-electron chi connectivity index (χ1n) is 9.92. The van der Waals surface area contributed by atoms with Gasteiger partial charge in [0.1, 0.15) is 0 Å². The van der Waals surface area contributed by atoms with Gasteiger partial charge in [0.05, 0.1) is 10.7 Å². The van der Waals surface area contributed by atoms with E-state index < -0.39 is 0 Å². The molecule has 0 aromatic carbocycles.